The van der Waals surface area contributed by atoms with Crippen molar-refractivity contribution in [2.75, 3.05) is 40.5 Å². The van der Waals surface area contributed by atoms with Gasteiger partial charge in [0.2, 0.25) is 0 Å². The standard InChI is InChI=1S/C19H27N5O3.ClH/c1-14-17(22-23-24(14)15-4-6-16(27-3)7-5-15)18(25)21-12-19(13-26-2)8-10-20-11-9-19;/h4-7,20H,8-13H2,1-3H3,(H,21,25);1H. The fourth-order valence-corrected chi connectivity index (χ4v) is 3.49. The highest BCUT2D eigenvalue weighted by molar-refractivity contribution is 5.93. The van der Waals surface area contributed by atoms with Crippen molar-refractivity contribution in [1.29, 1.82) is 0 Å². The quantitative estimate of drug-likeness (QED) is 0.724. The predicted octanol–water partition coefficient (Wildman–Crippen LogP) is 1.75. The van der Waals surface area contributed by atoms with Gasteiger partial charge in [0, 0.05) is 19.1 Å². The SMILES string of the molecule is COCC1(CNC(=O)c2nnn(-c3ccc(OC)cc3)c2C)CCNCC1.Cl. The third-order valence-electron chi connectivity index (χ3n) is 5.17. The summed E-state index contributed by atoms with van der Waals surface area (Å²) in [5.74, 6) is 0.557. The molecule has 0 radical (unpaired) electrons. The lowest BCUT2D eigenvalue weighted by Gasteiger charge is -2.37. The van der Waals surface area contributed by atoms with Gasteiger partial charge in [-0.2, -0.15) is 0 Å². The first kappa shape index (κ1) is 22.1. The number of ether oxygens (including phenoxy) is 2. The highest BCUT2D eigenvalue weighted by atomic mass is 35.5. The van der Waals surface area contributed by atoms with Crippen LogP contribution in [-0.2, 0) is 4.74 Å². The molecule has 2 N–H and O–H groups in total. The van der Waals surface area contributed by atoms with Crippen molar-refractivity contribution >= 4 is 18.3 Å². The van der Waals surface area contributed by atoms with Crippen molar-refractivity contribution in [2.24, 2.45) is 5.41 Å². The van der Waals surface area contributed by atoms with Crippen LogP contribution in [0.2, 0.25) is 0 Å². The van der Waals surface area contributed by atoms with Gasteiger partial charge >= 0.3 is 0 Å². The van der Waals surface area contributed by atoms with Crippen molar-refractivity contribution in [2.45, 2.75) is 19.8 Å². The normalized spacial score (nSPS) is 15.5. The Morgan fingerprint density at radius 1 is 1.25 bits per heavy atom. The molecular weight excluding hydrogens is 382 g/mol. The van der Waals surface area contributed by atoms with Crippen LogP contribution >= 0.6 is 12.4 Å². The van der Waals surface area contributed by atoms with Crippen LogP contribution in [0, 0.1) is 12.3 Å². The Labute approximate surface area is 171 Å². The van der Waals surface area contributed by atoms with E-state index in [2.05, 4.69) is 20.9 Å². The molecule has 28 heavy (non-hydrogen) atoms. The largest absolute Gasteiger partial charge is 0.497 e. The lowest BCUT2D eigenvalue weighted by Crippen LogP contribution is -2.47. The molecule has 0 atom stereocenters. The molecule has 2 heterocycles. The first-order valence-electron chi connectivity index (χ1n) is 9.13. The summed E-state index contributed by atoms with van der Waals surface area (Å²) >= 11 is 0. The van der Waals surface area contributed by atoms with Crippen LogP contribution < -0.4 is 15.4 Å². The molecule has 0 saturated carbocycles. The number of amides is 1. The fourth-order valence-electron chi connectivity index (χ4n) is 3.49. The number of hydrogen-bond acceptors (Lipinski definition) is 6. The van der Waals surface area contributed by atoms with E-state index < -0.39 is 0 Å². The number of benzene rings is 1. The Bertz CT molecular complexity index is 767. The zero-order chi connectivity index (χ0) is 19.3. The van der Waals surface area contributed by atoms with Gasteiger partial charge in [-0.3, -0.25) is 4.79 Å². The van der Waals surface area contributed by atoms with E-state index in [9.17, 15) is 4.79 Å². The van der Waals surface area contributed by atoms with Gasteiger partial charge in [-0.05, 0) is 57.1 Å². The van der Waals surface area contributed by atoms with Gasteiger partial charge < -0.3 is 20.1 Å². The molecule has 1 aliphatic heterocycles. The third kappa shape index (κ3) is 4.81. The van der Waals surface area contributed by atoms with Crippen LogP contribution in [0.25, 0.3) is 5.69 Å². The van der Waals surface area contributed by atoms with E-state index in [1.807, 2.05) is 31.2 Å². The Morgan fingerprint density at radius 3 is 2.54 bits per heavy atom. The summed E-state index contributed by atoms with van der Waals surface area (Å²) in [5, 5.41) is 14.6. The van der Waals surface area contributed by atoms with Crippen LogP contribution in [0.15, 0.2) is 24.3 Å². The maximum atomic E-state index is 12.7. The highest BCUT2D eigenvalue weighted by Crippen LogP contribution is 2.28. The summed E-state index contributed by atoms with van der Waals surface area (Å²) in [7, 11) is 3.33. The smallest absolute Gasteiger partial charge is 0.273 e. The third-order valence-corrected chi connectivity index (χ3v) is 5.17. The molecule has 1 saturated heterocycles. The number of rotatable bonds is 7. The predicted molar refractivity (Wildman–Crippen MR) is 109 cm³/mol. The maximum Gasteiger partial charge on any atom is 0.273 e. The molecule has 154 valence electrons. The van der Waals surface area contributed by atoms with Gasteiger partial charge in [-0.15, -0.1) is 17.5 Å². The van der Waals surface area contributed by atoms with Gasteiger partial charge in [-0.25, -0.2) is 4.68 Å². The van der Waals surface area contributed by atoms with Crippen LogP contribution in [0.1, 0.15) is 29.0 Å². The van der Waals surface area contributed by atoms with Gasteiger partial charge in [0.05, 0.1) is 25.1 Å². The molecule has 1 aromatic heterocycles. The molecule has 0 aliphatic carbocycles. The number of piperidine rings is 1. The van der Waals surface area contributed by atoms with E-state index in [1.54, 1.807) is 18.9 Å². The highest BCUT2D eigenvalue weighted by Gasteiger charge is 2.33. The average molecular weight is 410 g/mol. The summed E-state index contributed by atoms with van der Waals surface area (Å²) in [4.78, 5) is 12.7. The number of methoxy groups -OCH3 is 2. The molecule has 0 unspecified atom stereocenters. The monoisotopic (exact) mass is 409 g/mol. The minimum atomic E-state index is -0.207. The second kappa shape index (κ2) is 9.86. The first-order chi connectivity index (χ1) is 13.1. The molecule has 1 fully saturated rings. The van der Waals surface area contributed by atoms with E-state index in [0.29, 0.717) is 24.5 Å². The van der Waals surface area contributed by atoms with Crippen molar-refractivity contribution in [1.82, 2.24) is 25.6 Å². The van der Waals surface area contributed by atoms with E-state index in [0.717, 1.165) is 37.4 Å². The number of nitrogens with zero attached hydrogens (tertiary/aromatic N) is 3. The van der Waals surface area contributed by atoms with Gasteiger partial charge in [0.1, 0.15) is 5.75 Å². The maximum absolute atomic E-state index is 12.7. The molecule has 0 bridgehead atoms. The van der Waals surface area contributed by atoms with E-state index in [1.165, 1.54) is 0 Å². The number of aromatic nitrogens is 3. The number of nitrogens with one attached hydrogen (secondary N) is 2. The molecule has 3 rings (SSSR count). The summed E-state index contributed by atoms with van der Waals surface area (Å²) in [6, 6.07) is 7.46. The molecule has 1 aromatic carbocycles. The summed E-state index contributed by atoms with van der Waals surface area (Å²) in [6.07, 6.45) is 1.94. The number of hydrogen-bond donors (Lipinski definition) is 2. The van der Waals surface area contributed by atoms with Crippen molar-refractivity contribution in [3.63, 3.8) is 0 Å². The van der Waals surface area contributed by atoms with Crippen LogP contribution in [-0.4, -0.2) is 61.4 Å². The minimum absolute atomic E-state index is 0. The molecular formula is C19H28ClN5O3. The lowest BCUT2D eigenvalue weighted by atomic mass is 9.79. The second-order valence-corrected chi connectivity index (χ2v) is 7.00. The van der Waals surface area contributed by atoms with Crippen LogP contribution in [0.4, 0.5) is 0 Å². The van der Waals surface area contributed by atoms with Gasteiger partial charge in [-0.1, -0.05) is 5.21 Å². The minimum Gasteiger partial charge on any atom is -0.497 e. The molecule has 1 aliphatic rings. The number of carbonyl (C=O) groups is 1. The first-order valence-corrected chi connectivity index (χ1v) is 9.13. The zero-order valence-electron chi connectivity index (χ0n) is 16.5. The average Bonchev–Trinajstić information content (AvgIpc) is 3.09. The van der Waals surface area contributed by atoms with Crippen molar-refractivity contribution in [3.05, 3.63) is 35.7 Å². The summed E-state index contributed by atoms with van der Waals surface area (Å²) < 4.78 is 12.2. The van der Waals surface area contributed by atoms with Crippen LogP contribution in [0.5, 0.6) is 5.75 Å². The summed E-state index contributed by atoms with van der Waals surface area (Å²) in [5.41, 5.74) is 1.83. The molecule has 1 amide bonds. The van der Waals surface area contributed by atoms with Gasteiger partial charge in [0.15, 0.2) is 5.69 Å². The molecule has 2 aromatic rings. The molecule has 8 nitrogen and oxygen atoms in total. The summed E-state index contributed by atoms with van der Waals surface area (Å²) in [6.45, 7) is 4.91. The van der Waals surface area contributed by atoms with Crippen LogP contribution in [0.3, 0.4) is 0 Å². The zero-order valence-corrected chi connectivity index (χ0v) is 17.3. The molecule has 0 spiro atoms. The van der Waals surface area contributed by atoms with E-state index >= 15 is 0 Å². The van der Waals surface area contributed by atoms with Crippen molar-refractivity contribution in [3.8, 4) is 11.4 Å². The van der Waals surface area contributed by atoms with E-state index in [4.69, 9.17) is 9.47 Å². The second-order valence-electron chi connectivity index (χ2n) is 7.00. The lowest BCUT2D eigenvalue weighted by molar-refractivity contribution is 0.0510. The number of halogens is 1. The Kier molecular flexibility index (Phi) is 7.79. The van der Waals surface area contributed by atoms with E-state index in [-0.39, 0.29) is 23.7 Å². The Morgan fingerprint density at radius 2 is 1.93 bits per heavy atom. The molecule has 9 heteroatoms. The fraction of sp³-hybridized carbons (Fsp3) is 0.526. The Balaban J connectivity index is 0.00000280. The topological polar surface area (TPSA) is 90.3 Å². The number of carbonyl (C=O) groups excluding carboxylic acids is 1. The van der Waals surface area contributed by atoms with Crippen molar-refractivity contribution < 1.29 is 14.3 Å². The Hall–Kier alpha value is -2.16. The van der Waals surface area contributed by atoms with Gasteiger partial charge in [0.25, 0.3) is 5.91 Å².